The first-order valence-corrected chi connectivity index (χ1v) is 7.58. The zero-order valence-corrected chi connectivity index (χ0v) is 14.8. The number of nitrogens with zero attached hydrogens (tertiary/aromatic N) is 1. The largest absolute Gasteiger partial charge is 0.384 e. The monoisotopic (exact) mass is 418 g/mol. The predicted molar refractivity (Wildman–Crippen MR) is 93.3 cm³/mol. The number of hydrogen-bond acceptors (Lipinski definition) is 4. The molecule has 2 amide bonds. The lowest BCUT2D eigenvalue weighted by Crippen LogP contribution is -2.52. The average molecular weight is 418 g/mol. The van der Waals surface area contributed by atoms with Crippen LogP contribution < -0.4 is 16.4 Å². The lowest BCUT2D eigenvalue weighted by Gasteiger charge is -2.23. The molecule has 0 atom stereocenters. The summed E-state index contributed by atoms with van der Waals surface area (Å²) in [6.07, 6.45) is 0. The first kappa shape index (κ1) is 18.2. The van der Waals surface area contributed by atoms with Crippen molar-refractivity contribution < 1.29 is 14.4 Å². The SMILES string of the molecule is CC(=O)NC(C)(C)C(N)=NOCC(=O)Nc1ccc(I)cc1. The van der Waals surface area contributed by atoms with Gasteiger partial charge in [0, 0.05) is 16.2 Å². The Balaban J connectivity index is 2.48. The maximum atomic E-state index is 11.7. The molecule has 7 nitrogen and oxygen atoms in total. The molecule has 0 fully saturated rings. The molecule has 4 N–H and O–H groups in total. The van der Waals surface area contributed by atoms with Crippen LogP contribution in [0, 0.1) is 3.57 Å². The Hall–Kier alpha value is -1.84. The van der Waals surface area contributed by atoms with Crippen LogP contribution in [0.5, 0.6) is 0 Å². The van der Waals surface area contributed by atoms with Crippen molar-refractivity contribution in [3.05, 3.63) is 27.8 Å². The zero-order chi connectivity index (χ0) is 16.8. The molecule has 0 bridgehead atoms. The van der Waals surface area contributed by atoms with Gasteiger partial charge in [-0.25, -0.2) is 0 Å². The first-order valence-electron chi connectivity index (χ1n) is 6.51. The van der Waals surface area contributed by atoms with Crippen LogP contribution in [0.1, 0.15) is 20.8 Å². The summed E-state index contributed by atoms with van der Waals surface area (Å²) >= 11 is 2.18. The molecule has 0 heterocycles. The van der Waals surface area contributed by atoms with Gasteiger partial charge in [-0.05, 0) is 60.7 Å². The first-order chi connectivity index (χ1) is 10.2. The molecule has 0 spiro atoms. The van der Waals surface area contributed by atoms with Gasteiger partial charge >= 0.3 is 0 Å². The molecule has 1 aromatic carbocycles. The number of carbonyl (C=O) groups excluding carboxylic acids is 2. The number of anilines is 1. The van der Waals surface area contributed by atoms with Gasteiger partial charge < -0.3 is 21.2 Å². The lowest BCUT2D eigenvalue weighted by atomic mass is 10.0. The number of halogens is 1. The molecule has 1 rings (SSSR count). The Morgan fingerprint density at radius 2 is 1.91 bits per heavy atom. The Labute approximate surface area is 142 Å². The maximum absolute atomic E-state index is 11.7. The van der Waals surface area contributed by atoms with E-state index in [1.165, 1.54) is 6.92 Å². The van der Waals surface area contributed by atoms with E-state index in [1.54, 1.807) is 26.0 Å². The molecular formula is C14H19IN4O3. The van der Waals surface area contributed by atoms with E-state index in [0.717, 1.165) is 3.57 Å². The topological polar surface area (TPSA) is 106 Å². The van der Waals surface area contributed by atoms with Crippen LogP contribution in [-0.2, 0) is 14.4 Å². The van der Waals surface area contributed by atoms with Crippen molar-refractivity contribution in [3.63, 3.8) is 0 Å². The smallest absolute Gasteiger partial charge is 0.265 e. The van der Waals surface area contributed by atoms with Gasteiger partial charge in [0.2, 0.25) is 5.91 Å². The number of benzene rings is 1. The highest BCUT2D eigenvalue weighted by molar-refractivity contribution is 14.1. The molecule has 0 saturated carbocycles. The predicted octanol–water partition coefficient (Wildman–Crippen LogP) is 1.43. The fraction of sp³-hybridized carbons (Fsp3) is 0.357. The fourth-order valence-electron chi connectivity index (χ4n) is 1.51. The van der Waals surface area contributed by atoms with Crippen molar-refractivity contribution in [1.82, 2.24) is 5.32 Å². The summed E-state index contributed by atoms with van der Waals surface area (Å²) in [6, 6.07) is 7.33. The van der Waals surface area contributed by atoms with E-state index in [-0.39, 0.29) is 24.3 Å². The minimum Gasteiger partial charge on any atom is -0.384 e. The van der Waals surface area contributed by atoms with Gasteiger partial charge in [-0.15, -0.1) is 0 Å². The van der Waals surface area contributed by atoms with Crippen LogP contribution in [0.15, 0.2) is 29.4 Å². The summed E-state index contributed by atoms with van der Waals surface area (Å²) in [6.45, 7) is 4.47. The van der Waals surface area contributed by atoms with Gasteiger partial charge in [0.15, 0.2) is 12.4 Å². The third-order valence-corrected chi connectivity index (χ3v) is 3.33. The third-order valence-electron chi connectivity index (χ3n) is 2.62. The van der Waals surface area contributed by atoms with Crippen molar-refractivity contribution >= 4 is 45.9 Å². The van der Waals surface area contributed by atoms with Gasteiger partial charge in [-0.3, -0.25) is 9.59 Å². The Bertz CT molecular complexity index is 570. The van der Waals surface area contributed by atoms with Gasteiger partial charge in [0.05, 0.1) is 5.54 Å². The molecule has 0 radical (unpaired) electrons. The number of nitrogens with two attached hydrogens (primary N) is 1. The normalized spacial score (nSPS) is 11.7. The molecule has 120 valence electrons. The number of amidine groups is 1. The van der Waals surface area contributed by atoms with Crippen molar-refractivity contribution in [2.75, 3.05) is 11.9 Å². The molecule has 0 saturated heterocycles. The molecule has 22 heavy (non-hydrogen) atoms. The van der Waals surface area contributed by atoms with E-state index in [9.17, 15) is 9.59 Å². The summed E-state index contributed by atoms with van der Waals surface area (Å²) in [5, 5.41) is 8.96. The Morgan fingerprint density at radius 3 is 2.45 bits per heavy atom. The highest BCUT2D eigenvalue weighted by atomic mass is 127. The molecule has 1 aromatic rings. The van der Waals surface area contributed by atoms with Crippen LogP contribution in [0.2, 0.25) is 0 Å². The maximum Gasteiger partial charge on any atom is 0.265 e. The number of rotatable bonds is 6. The highest BCUT2D eigenvalue weighted by Gasteiger charge is 2.24. The second-order valence-electron chi connectivity index (χ2n) is 5.11. The van der Waals surface area contributed by atoms with E-state index in [2.05, 4.69) is 38.4 Å². The van der Waals surface area contributed by atoms with Gasteiger partial charge in [0.1, 0.15) is 0 Å². The van der Waals surface area contributed by atoms with Crippen LogP contribution in [-0.4, -0.2) is 29.8 Å². The van der Waals surface area contributed by atoms with Crippen molar-refractivity contribution in [2.24, 2.45) is 10.9 Å². The van der Waals surface area contributed by atoms with Crippen LogP contribution in [0.25, 0.3) is 0 Å². The third kappa shape index (κ3) is 6.29. The van der Waals surface area contributed by atoms with E-state index in [0.29, 0.717) is 5.69 Å². The lowest BCUT2D eigenvalue weighted by molar-refractivity contribution is -0.121. The fourth-order valence-corrected chi connectivity index (χ4v) is 1.87. The molecule has 0 aliphatic heterocycles. The van der Waals surface area contributed by atoms with Crippen molar-refractivity contribution in [3.8, 4) is 0 Å². The Morgan fingerprint density at radius 1 is 1.32 bits per heavy atom. The Kier molecular flexibility index (Phi) is 6.60. The molecule has 0 aliphatic rings. The van der Waals surface area contributed by atoms with Crippen LogP contribution in [0.3, 0.4) is 0 Å². The summed E-state index contributed by atoms with van der Waals surface area (Å²) in [5.41, 5.74) is 5.56. The van der Waals surface area contributed by atoms with E-state index < -0.39 is 5.54 Å². The second-order valence-corrected chi connectivity index (χ2v) is 6.36. The number of carbonyl (C=O) groups is 2. The molecular weight excluding hydrogens is 399 g/mol. The van der Waals surface area contributed by atoms with Gasteiger partial charge in [-0.1, -0.05) is 5.16 Å². The zero-order valence-electron chi connectivity index (χ0n) is 12.6. The van der Waals surface area contributed by atoms with E-state index in [1.807, 2.05) is 12.1 Å². The van der Waals surface area contributed by atoms with Crippen molar-refractivity contribution in [1.29, 1.82) is 0 Å². The van der Waals surface area contributed by atoms with Crippen molar-refractivity contribution in [2.45, 2.75) is 26.3 Å². The standard InChI is InChI=1S/C14H19IN4O3/c1-9(20)18-14(2,3)13(16)19-22-8-12(21)17-11-6-4-10(15)5-7-11/h4-7H,8H2,1-3H3,(H2,16,19)(H,17,21)(H,18,20). The van der Waals surface area contributed by atoms with E-state index in [4.69, 9.17) is 10.6 Å². The quantitative estimate of drug-likeness (QED) is 0.281. The summed E-state index contributed by atoms with van der Waals surface area (Å²) < 4.78 is 1.07. The molecule has 0 aromatic heterocycles. The molecule has 0 aliphatic carbocycles. The summed E-state index contributed by atoms with van der Waals surface area (Å²) in [7, 11) is 0. The number of amides is 2. The molecule has 8 heteroatoms. The minimum atomic E-state index is -0.849. The average Bonchev–Trinajstić information content (AvgIpc) is 2.39. The number of hydrogen-bond donors (Lipinski definition) is 3. The summed E-state index contributed by atoms with van der Waals surface area (Å²) in [5.74, 6) is -0.514. The molecule has 0 unspecified atom stereocenters. The highest BCUT2D eigenvalue weighted by Crippen LogP contribution is 2.11. The number of nitrogens with one attached hydrogen (secondary N) is 2. The van der Waals surface area contributed by atoms with Gasteiger partial charge in [0.25, 0.3) is 5.91 Å². The van der Waals surface area contributed by atoms with Crippen LogP contribution in [0.4, 0.5) is 5.69 Å². The van der Waals surface area contributed by atoms with E-state index >= 15 is 0 Å². The summed E-state index contributed by atoms with van der Waals surface area (Å²) in [4.78, 5) is 27.7. The number of oxime groups is 1. The minimum absolute atomic E-state index is 0.0739. The second kappa shape index (κ2) is 7.97. The van der Waals surface area contributed by atoms with Gasteiger partial charge in [-0.2, -0.15) is 0 Å². The van der Waals surface area contributed by atoms with Crippen LogP contribution >= 0.6 is 22.6 Å².